The zero-order valence-corrected chi connectivity index (χ0v) is 19.8. The second kappa shape index (κ2) is 13.0. The number of aliphatic hydroxyl groups excluding tert-OH is 3. The summed E-state index contributed by atoms with van der Waals surface area (Å²) in [6, 6.07) is -0.820. The molecular formula is C24H37NO9. The van der Waals surface area contributed by atoms with E-state index in [1.807, 2.05) is 13.0 Å². The number of allylic oxidation sites excluding steroid dienone is 1. The first-order valence-electron chi connectivity index (χ1n) is 11.7. The Bertz CT molecular complexity index is 793. The summed E-state index contributed by atoms with van der Waals surface area (Å²) in [5.74, 6) is -6.18. The molecule has 10 nitrogen and oxygen atoms in total. The molecule has 0 aromatic rings. The number of carbonyl (C=O) groups excluding carboxylic acids is 1. The third kappa shape index (κ3) is 7.36. The highest BCUT2D eigenvalue weighted by Gasteiger charge is 2.44. The number of likely N-dealkylation sites (tertiary alicyclic amines) is 1. The molecule has 0 amide bonds. The third-order valence-electron chi connectivity index (χ3n) is 6.72. The fourth-order valence-electron chi connectivity index (χ4n) is 4.73. The van der Waals surface area contributed by atoms with Crippen molar-refractivity contribution in [2.75, 3.05) is 26.3 Å². The summed E-state index contributed by atoms with van der Waals surface area (Å²) < 4.78 is 5.68. The molecule has 0 saturated carbocycles. The third-order valence-corrected chi connectivity index (χ3v) is 6.72. The lowest BCUT2D eigenvalue weighted by molar-refractivity contribution is -0.166. The number of rotatable bonds is 9. The summed E-state index contributed by atoms with van der Waals surface area (Å²) >= 11 is 0. The van der Waals surface area contributed by atoms with Gasteiger partial charge in [0.15, 0.2) is 0 Å². The number of nitrogens with zero attached hydrogens (tertiary/aromatic N) is 1. The minimum Gasteiger partial charge on any atom is -0.481 e. The fraction of sp³-hybridized carbons (Fsp3) is 0.708. The molecule has 0 bridgehead atoms. The number of hydrogen-bond acceptors (Lipinski definition) is 8. The highest BCUT2D eigenvalue weighted by atomic mass is 16.5. The van der Waals surface area contributed by atoms with Gasteiger partial charge in [0.05, 0.1) is 31.2 Å². The number of esters is 1. The van der Waals surface area contributed by atoms with Crippen LogP contribution in [0, 0.1) is 17.8 Å². The van der Waals surface area contributed by atoms with Crippen molar-refractivity contribution in [3.05, 3.63) is 23.3 Å². The van der Waals surface area contributed by atoms with E-state index in [-0.39, 0.29) is 19.6 Å². The van der Waals surface area contributed by atoms with Crippen molar-refractivity contribution in [1.29, 1.82) is 0 Å². The summed E-state index contributed by atoms with van der Waals surface area (Å²) in [7, 11) is 0. The van der Waals surface area contributed by atoms with E-state index in [1.165, 1.54) is 13.0 Å². The molecule has 10 heteroatoms. The fourth-order valence-corrected chi connectivity index (χ4v) is 4.73. The molecule has 5 N–H and O–H groups in total. The molecule has 34 heavy (non-hydrogen) atoms. The molecule has 1 heterocycles. The second-order valence-corrected chi connectivity index (χ2v) is 9.34. The first-order chi connectivity index (χ1) is 16.1. The number of aliphatic carboxylic acids is 2. The van der Waals surface area contributed by atoms with Crippen LogP contribution >= 0.6 is 0 Å². The molecule has 6 atom stereocenters. The van der Waals surface area contributed by atoms with Gasteiger partial charge in [-0.05, 0) is 51.6 Å². The van der Waals surface area contributed by atoms with Gasteiger partial charge in [0.25, 0.3) is 0 Å². The Hall–Kier alpha value is -2.27. The highest BCUT2D eigenvalue weighted by Crippen LogP contribution is 2.33. The second-order valence-electron chi connectivity index (χ2n) is 9.34. The summed E-state index contributed by atoms with van der Waals surface area (Å²) in [5.41, 5.74) is 1.37. The quantitative estimate of drug-likeness (QED) is 0.234. The first-order valence-corrected chi connectivity index (χ1v) is 11.7. The van der Waals surface area contributed by atoms with Crippen molar-refractivity contribution in [2.24, 2.45) is 17.8 Å². The highest BCUT2D eigenvalue weighted by molar-refractivity contribution is 5.75. The number of hydrogen-bond donors (Lipinski definition) is 5. The molecule has 1 aliphatic heterocycles. The Balaban J connectivity index is 2.50. The average molecular weight is 484 g/mol. The van der Waals surface area contributed by atoms with E-state index in [2.05, 4.69) is 0 Å². The van der Waals surface area contributed by atoms with Crippen LogP contribution in [0.1, 0.15) is 46.0 Å². The number of carbonyl (C=O) groups is 3. The molecule has 1 aliphatic carbocycles. The van der Waals surface area contributed by atoms with E-state index in [0.29, 0.717) is 37.8 Å². The number of aliphatic hydroxyl groups is 3. The lowest BCUT2D eigenvalue weighted by Crippen LogP contribution is -2.49. The van der Waals surface area contributed by atoms with Crippen molar-refractivity contribution in [3.63, 3.8) is 0 Å². The predicted molar refractivity (Wildman–Crippen MR) is 122 cm³/mol. The van der Waals surface area contributed by atoms with Gasteiger partial charge in [-0.2, -0.15) is 0 Å². The van der Waals surface area contributed by atoms with E-state index < -0.39 is 60.5 Å². The van der Waals surface area contributed by atoms with Crippen LogP contribution in [0.5, 0.6) is 0 Å². The van der Waals surface area contributed by atoms with Crippen molar-refractivity contribution in [2.45, 2.75) is 64.2 Å². The van der Waals surface area contributed by atoms with Crippen molar-refractivity contribution < 1.29 is 44.7 Å². The minimum absolute atomic E-state index is 0.136. The summed E-state index contributed by atoms with van der Waals surface area (Å²) in [6.07, 6.45) is 3.22. The van der Waals surface area contributed by atoms with Gasteiger partial charge in [0.1, 0.15) is 12.1 Å². The molecule has 2 aliphatic rings. The standard InChI is InChI=1S/C24H37NO9/c1-14-5-3-6-16(13-27)10-19(28)21(20(9-14)34-24(33)15(2)12-26)17(22(29)30)11-25-8-4-7-18(25)23(31)32/h5,10,15,17-21,26-28H,3-4,6-9,11-13H2,1-2H3,(H,29,30)(H,31,32)/b14-5+,16-10-/t15-,17+,18+,19+,20+,21+/m0/s1. The topological polar surface area (TPSA) is 165 Å². The van der Waals surface area contributed by atoms with Crippen molar-refractivity contribution in [3.8, 4) is 0 Å². The van der Waals surface area contributed by atoms with Crippen LogP contribution in [-0.4, -0.2) is 92.9 Å². The van der Waals surface area contributed by atoms with Gasteiger partial charge < -0.3 is 30.3 Å². The zero-order chi connectivity index (χ0) is 25.4. The lowest BCUT2D eigenvalue weighted by atomic mass is 9.78. The van der Waals surface area contributed by atoms with Crippen LogP contribution in [0.3, 0.4) is 0 Å². The van der Waals surface area contributed by atoms with E-state index in [9.17, 15) is 39.9 Å². The summed E-state index contributed by atoms with van der Waals surface area (Å²) in [4.78, 5) is 38.3. The molecular weight excluding hydrogens is 446 g/mol. The Labute approximate surface area is 199 Å². The van der Waals surface area contributed by atoms with Gasteiger partial charge >= 0.3 is 17.9 Å². The van der Waals surface area contributed by atoms with E-state index in [0.717, 1.165) is 5.57 Å². The van der Waals surface area contributed by atoms with Crippen LogP contribution in [0.15, 0.2) is 23.3 Å². The van der Waals surface area contributed by atoms with Gasteiger partial charge in [0.2, 0.25) is 0 Å². The number of carboxylic acid groups (broad SMARTS) is 2. The van der Waals surface area contributed by atoms with Crippen LogP contribution in [-0.2, 0) is 19.1 Å². The molecule has 0 unspecified atom stereocenters. The normalized spacial score (nSPS) is 31.4. The molecule has 0 spiro atoms. The SMILES string of the molecule is C/C1=C\CC/C(CO)=C/[C@@H](O)[C@@H]([C@@H](CN2CCC[C@@H]2C(=O)O)C(=O)O)[C@H](OC(=O)[C@@H](C)CO)C1. The van der Waals surface area contributed by atoms with E-state index in [1.54, 1.807) is 4.90 Å². The maximum absolute atomic E-state index is 12.6. The minimum atomic E-state index is -1.36. The van der Waals surface area contributed by atoms with Gasteiger partial charge in [0, 0.05) is 18.9 Å². The Morgan fingerprint density at radius 2 is 1.94 bits per heavy atom. The lowest BCUT2D eigenvalue weighted by Gasteiger charge is -2.37. The molecule has 192 valence electrons. The smallest absolute Gasteiger partial charge is 0.320 e. The molecule has 1 saturated heterocycles. The van der Waals surface area contributed by atoms with Crippen molar-refractivity contribution in [1.82, 2.24) is 4.90 Å². The molecule has 0 radical (unpaired) electrons. The van der Waals surface area contributed by atoms with Crippen LogP contribution in [0.25, 0.3) is 0 Å². The Kier molecular flexibility index (Phi) is 10.7. The van der Waals surface area contributed by atoms with Gasteiger partial charge in [-0.1, -0.05) is 17.7 Å². The number of ether oxygens (including phenoxy) is 1. The Morgan fingerprint density at radius 3 is 2.53 bits per heavy atom. The predicted octanol–water partition coefficient (Wildman–Crippen LogP) is 0.802. The van der Waals surface area contributed by atoms with Crippen molar-refractivity contribution >= 4 is 17.9 Å². The van der Waals surface area contributed by atoms with Crippen LogP contribution in [0.2, 0.25) is 0 Å². The van der Waals surface area contributed by atoms with Gasteiger partial charge in [-0.25, -0.2) is 0 Å². The maximum Gasteiger partial charge on any atom is 0.320 e. The molecule has 0 aromatic heterocycles. The van der Waals surface area contributed by atoms with Crippen LogP contribution in [0.4, 0.5) is 0 Å². The van der Waals surface area contributed by atoms with Crippen LogP contribution < -0.4 is 0 Å². The first kappa shape index (κ1) is 28.0. The van der Waals surface area contributed by atoms with Gasteiger partial charge in [-0.3, -0.25) is 19.3 Å². The Morgan fingerprint density at radius 1 is 1.24 bits per heavy atom. The molecule has 0 aromatic carbocycles. The maximum atomic E-state index is 12.6. The molecule has 2 rings (SSSR count). The zero-order valence-electron chi connectivity index (χ0n) is 19.8. The van der Waals surface area contributed by atoms with E-state index >= 15 is 0 Å². The largest absolute Gasteiger partial charge is 0.481 e. The summed E-state index contributed by atoms with van der Waals surface area (Å²) in [6.45, 7) is 2.82. The monoisotopic (exact) mass is 483 g/mol. The number of carboxylic acids is 2. The average Bonchev–Trinajstić information content (AvgIpc) is 3.25. The van der Waals surface area contributed by atoms with E-state index in [4.69, 9.17) is 4.74 Å². The van der Waals surface area contributed by atoms with Gasteiger partial charge in [-0.15, -0.1) is 0 Å². The summed E-state index contributed by atoms with van der Waals surface area (Å²) in [5, 5.41) is 50.0. The molecule has 1 fully saturated rings.